The second-order valence-electron chi connectivity index (χ2n) is 3.84. The van der Waals surface area contributed by atoms with Crippen LogP contribution in [0.1, 0.15) is 24.4 Å². The molecule has 0 saturated carbocycles. The maximum absolute atomic E-state index is 13.2. The Labute approximate surface area is 107 Å². The number of nitrogens with two attached hydrogens (primary N) is 1. The highest BCUT2D eigenvalue weighted by Crippen LogP contribution is 2.31. The van der Waals surface area contributed by atoms with E-state index in [4.69, 9.17) is 5.73 Å². The maximum atomic E-state index is 13.2. The van der Waals surface area contributed by atoms with Crippen molar-refractivity contribution in [1.82, 2.24) is 0 Å². The fourth-order valence-electron chi connectivity index (χ4n) is 1.54. The molecule has 1 atom stereocenters. The van der Waals surface area contributed by atoms with Gasteiger partial charge in [-0.05, 0) is 6.42 Å². The van der Waals surface area contributed by atoms with E-state index in [1.54, 1.807) is 0 Å². The number of aromatic hydroxyl groups is 1. The van der Waals surface area contributed by atoms with Gasteiger partial charge < -0.3 is 15.6 Å². The molecule has 8 heteroatoms. The number of esters is 1. The summed E-state index contributed by atoms with van der Waals surface area (Å²) < 4.78 is 17.6. The van der Waals surface area contributed by atoms with Crippen LogP contribution in [0.15, 0.2) is 12.1 Å². The molecule has 1 rings (SSSR count). The minimum Gasteiger partial charge on any atom is -0.507 e. The minimum atomic E-state index is -1.15. The number of benzene rings is 1. The summed E-state index contributed by atoms with van der Waals surface area (Å²) in [4.78, 5) is 20.6. The highest BCUT2D eigenvalue weighted by molar-refractivity contribution is 5.69. The molecule has 3 N–H and O–H groups in total. The van der Waals surface area contributed by atoms with Crippen LogP contribution < -0.4 is 5.73 Å². The van der Waals surface area contributed by atoms with Gasteiger partial charge in [-0.3, -0.25) is 14.9 Å². The van der Waals surface area contributed by atoms with E-state index in [0.717, 1.165) is 6.07 Å². The zero-order valence-corrected chi connectivity index (χ0v) is 10.1. The van der Waals surface area contributed by atoms with Crippen molar-refractivity contribution >= 4 is 11.7 Å². The number of hydrogen-bond acceptors (Lipinski definition) is 6. The molecule has 0 aliphatic rings. The highest BCUT2D eigenvalue weighted by atomic mass is 19.1. The van der Waals surface area contributed by atoms with Crippen molar-refractivity contribution in [3.8, 4) is 5.75 Å². The highest BCUT2D eigenvalue weighted by Gasteiger charge is 2.21. The summed E-state index contributed by atoms with van der Waals surface area (Å²) in [7, 11) is 1.22. The van der Waals surface area contributed by atoms with Crippen molar-refractivity contribution in [3.63, 3.8) is 0 Å². The lowest BCUT2D eigenvalue weighted by Crippen LogP contribution is -2.14. The predicted octanol–water partition coefficient (Wildman–Crippen LogP) is 1.39. The van der Waals surface area contributed by atoms with Gasteiger partial charge in [0.05, 0.1) is 12.0 Å². The van der Waals surface area contributed by atoms with Crippen LogP contribution >= 0.6 is 0 Å². The first kappa shape index (κ1) is 14.8. The topological polar surface area (TPSA) is 116 Å². The lowest BCUT2D eigenvalue weighted by Gasteiger charge is -2.13. The van der Waals surface area contributed by atoms with Crippen molar-refractivity contribution in [2.75, 3.05) is 7.11 Å². The SMILES string of the molecule is COC(=O)CC[C@@H](N)c1cc([N+](=O)[O-])c(F)cc1O. The molecule has 104 valence electrons. The first-order chi connectivity index (χ1) is 8.86. The van der Waals surface area contributed by atoms with E-state index in [1.165, 1.54) is 7.11 Å². The van der Waals surface area contributed by atoms with Crippen molar-refractivity contribution in [3.05, 3.63) is 33.6 Å². The molecule has 7 nitrogen and oxygen atoms in total. The van der Waals surface area contributed by atoms with Crippen molar-refractivity contribution in [2.45, 2.75) is 18.9 Å². The Bertz CT molecular complexity index is 506. The van der Waals surface area contributed by atoms with E-state index < -0.39 is 34.2 Å². The van der Waals surface area contributed by atoms with Gasteiger partial charge in [0.15, 0.2) is 0 Å². The standard InChI is InChI=1S/C11H13FN2O5/c1-19-11(16)3-2-8(13)6-4-9(14(17)18)7(12)5-10(6)15/h4-5,8,15H,2-3,13H2,1H3/t8-/m1/s1. The Kier molecular flexibility index (Phi) is 4.76. The Morgan fingerprint density at radius 2 is 2.26 bits per heavy atom. The molecule has 0 aliphatic heterocycles. The molecule has 0 saturated heterocycles. The Hall–Kier alpha value is -2.22. The van der Waals surface area contributed by atoms with Crippen molar-refractivity contribution in [1.29, 1.82) is 0 Å². The first-order valence-electron chi connectivity index (χ1n) is 5.36. The summed E-state index contributed by atoms with van der Waals surface area (Å²) in [5.74, 6) is -2.13. The molecule has 0 amide bonds. The Balaban J connectivity index is 2.96. The average molecular weight is 272 g/mol. The number of methoxy groups -OCH3 is 1. The monoisotopic (exact) mass is 272 g/mol. The van der Waals surface area contributed by atoms with E-state index >= 15 is 0 Å². The summed E-state index contributed by atoms with van der Waals surface area (Å²) >= 11 is 0. The van der Waals surface area contributed by atoms with E-state index in [2.05, 4.69) is 4.74 Å². The third-order valence-electron chi connectivity index (χ3n) is 2.58. The minimum absolute atomic E-state index is 0.0111. The number of carbonyl (C=O) groups is 1. The number of phenolic OH excluding ortho intramolecular Hbond substituents is 1. The molecular formula is C11H13FN2O5. The molecule has 19 heavy (non-hydrogen) atoms. The quantitative estimate of drug-likeness (QED) is 0.475. The van der Waals surface area contributed by atoms with E-state index in [0.29, 0.717) is 6.07 Å². The van der Waals surface area contributed by atoms with Crippen LogP contribution in [0.5, 0.6) is 5.75 Å². The molecule has 1 aromatic carbocycles. The number of carbonyl (C=O) groups excluding carboxylic acids is 1. The molecule has 0 fully saturated rings. The van der Waals surface area contributed by atoms with Crippen LogP contribution in [-0.2, 0) is 9.53 Å². The first-order valence-corrected chi connectivity index (χ1v) is 5.36. The molecule has 0 heterocycles. The number of nitro groups is 1. The van der Waals surface area contributed by atoms with Gasteiger partial charge >= 0.3 is 11.7 Å². The third kappa shape index (κ3) is 3.62. The molecule has 0 spiro atoms. The van der Waals surface area contributed by atoms with E-state index in [1.807, 2.05) is 0 Å². The lowest BCUT2D eigenvalue weighted by atomic mass is 10.0. The van der Waals surface area contributed by atoms with Crippen LogP contribution in [0.4, 0.5) is 10.1 Å². The van der Waals surface area contributed by atoms with E-state index in [9.17, 15) is 24.4 Å². The zero-order valence-electron chi connectivity index (χ0n) is 10.1. The average Bonchev–Trinajstić information content (AvgIpc) is 2.35. The van der Waals surface area contributed by atoms with Crippen LogP contribution in [0, 0.1) is 15.9 Å². The zero-order chi connectivity index (χ0) is 14.6. The van der Waals surface area contributed by atoms with Crippen molar-refractivity contribution < 1.29 is 24.0 Å². The largest absolute Gasteiger partial charge is 0.507 e. The van der Waals surface area contributed by atoms with Gasteiger partial charge in [-0.25, -0.2) is 0 Å². The summed E-state index contributed by atoms with van der Waals surface area (Å²) in [5.41, 5.74) is 4.94. The molecular weight excluding hydrogens is 259 g/mol. The molecule has 0 bridgehead atoms. The summed E-state index contributed by atoms with van der Waals surface area (Å²) in [6.45, 7) is 0. The number of phenols is 1. The summed E-state index contributed by atoms with van der Waals surface area (Å²) in [5, 5.41) is 20.1. The lowest BCUT2D eigenvalue weighted by molar-refractivity contribution is -0.387. The van der Waals surface area contributed by atoms with Gasteiger partial charge in [0.25, 0.3) is 0 Å². The van der Waals surface area contributed by atoms with Gasteiger partial charge in [-0.1, -0.05) is 0 Å². The van der Waals surface area contributed by atoms with Gasteiger partial charge in [0, 0.05) is 30.2 Å². The molecule has 1 aromatic rings. The Morgan fingerprint density at radius 1 is 1.63 bits per heavy atom. The molecule has 0 aliphatic carbocycles. The van der Waals surface area contributed by atoms with Gasteiger partial charge in [-0.15, -0.1) is 0 Å². The number of nitrogens with zero attached hydrogens (tertiary/aromatic N) is 1. The van der Waals surface area contributed by atoms with Gasteiger partial charge in [0.2, 0.25) is 5.82 Å². The maximum Gasteiger partial charge on any atom is 0.305 e. The van der Waals surface area contributed by atoms with Crippen molar-refractivity contribution in [2.24, 2.45) is 5.73 Å². The molecule has 0 aromatic heterocycles. The van der Waals surface area contributed by atoms with Gasteiger partial charge in [0.1, 0.15) is 5.75 Å². The van der Waals surface area contributed by atoms with Gasteiger partial charge in [-0.2, -0.15) is 4.39 Å². The number of rotatable bonds is 5. The molecule has 0 unspecified atom stereocenters. The number of halogens is 1. The normalized spacial score (nSPS) is 11.9. The fourth-order valence-corrected chi connectivity index (χ4v) is 1.54. The number of ether oxygens (including phenoxy) is 1. The van der Waals surface area contributed by atoms with Crippen LogP contribution in [-0.4, -0.2) is 23.1 Å². The second kappa shape index (κ2) is 6.10. The van der Waals surface area contributed by atoms with Crippen LogP contribution in [0.2, 0.25) is 0 Å². The number of nitro benzene ring substituents is 1. The second-order valence-corrected chi connectivity index (χ2v) is 3.84. The summed E-state index contributed by atoms with van der Waals surface area (Å²) in [6, 6.07) is 0.663. The smallest absolute Gasteiger partial charge is 0.305 e. The van der Waals surface area contributed by atoms with Crippen LogP contribution in [0.25, 0.3) is 0 Å². The predicted molar refractivity (Wildman–Crippen MR) is 62.9 cm³/mol. The Morgan fingerprint density at radius 3 is 2.79 bits per heavy atom. The van der Waals surface area contributed by atoms with Crippen LogP contribution in [0.3, 0.4) is 0 Å². The summed E-state index contributed by atoms with van der Waals surface area (Å²) in [6.07, 6.45) is 0.102. The fraction of sp³-hybridized carbons (Fsp3) is 0.364. The molecule has 0 radical (unpaired) electrons. The number of hydrogen-bond donors (Lipinski definition) is 2. The third-order valence-corrected chi connectivity index (χ3v) is 2.58. The van der Waals surface area contributed by atoms with E-state index in [-0.39, 0.29) is 18.4 Å².